The van der Waals surface area contributed by atoms with E-state index in [4.69, 9.17) is 5.73 Å². The fourth-order valence-electron chi connectivity index (χ4n) is 1.88. The monoisotopic (exact) mass is 204 g/mol. The molecule has 1 atom stereocenters. The van der Waals surface area contributed by atoms with E-state index in [-0.39, 0.29) is 11.9 Å². The van der Waals surface area contributed by atoms with E-state index in [0.717, 1.165) is 36.1 Å². The molecule has 3 heteroatoms. The van der Waals surface area contributed by atoms with E-state index >= 15 is 0 Å². The van der Waals surface area contributed by atoms with E-state index in [9.17, 15) is 4.79 Å². The van der Waals surface area contributed by atoms with Gasteiger partial charge < -0.3 is 11.1 Å². The van der Waals surface area contributed by atoms with Crippen LogP contribution in [-0.2, 0) is 6.42 Å². The molecule has 3 nitrogen and oxygen atoms in total. The fraction of sp³-hybridized carbons (Fsp3) is 0.417. The highest BCUT2D eigenvalue weighted by Crippen LogP contribution is 2.19. The van der Waals surface area contributed by atoms with Crippen LogP contribution >= 0.6 is 0 Å². The number of carbonyl (C=O) groups excluding carboxylic acids is 1. The van der Waals surface area contributed by atoms with Gasteiger partial charge in [-0.3, -0.25) is 4.79 Å². The Morgan fingerprint density at radius 3 is 3.00 bits per heavy atom. The zero-order chi connectivity index (χ0) is 10.8. The molecule has 15 heavy (non-hydrogen) atoms. The molecule has 0 bridgehead atoms. The average molecular weight is 204 g/mol. The molecule has 0 spiro atoms. The molecule has 0 aliphatic carbocycles. The van der Waals surface area contributed by atoms with Gasteiger partial charge in [-0.15, -0.1) is 0 Å². The van der Waals surface area contributed by atoms with Crippen LogP contribution < -0.4 is 11.1 Å². The predicted molar refractivity (Wildman–Crippen MR) is 59.7 cm³/mol. The summed E-state index contributed by atoms with van der Waals surface area (Å²) < 4.78 is 0. The Labute approximate surface area is 89.7 Å². The third-order valence-corrected chi connectivity index (χ3v) is 2.81. The number of aryl methyl sites for hydroxylation is 1. The minimum atomic E-state index is -0.0219. The van der Waals surface area contributed by atoms with Gasteiger partial charge in [-0.25, -0.2) is 0 Å². The third kappa shape index (κ3) is 2.02. The second kappa shape index (κ2) is 4.03. The minimum Gasteiger partial charge on any atom is -0.352 e. The number of rotatable bonds is 1. The summed E-state index contributed by atoms with van der Waals surface area (Å²) >= 11 is 0. The van der Waals surface area contributed by atoms with Crippen LogP contribution in [0.3, 0.4) is 0 Å². The zero-order valence-corrected chi connectivity index (χ0v) is 8.92. The van der Waals surface area contributed by atoms with Gasteiger partial charge in [0.15, 0.2) is 0 Å². The van der Waals surface area contributed by atoms with Crippen molar-refractivity contribution >= 4 is 5.91 Å². The Morgan fingerprint density at radius 1 is 1.47 bits per heavy atom. The summed E-state index contributed by atoms with van der Waals surface area (Å²) in [5.41, 5.74) is 8.75. The molecular formula is C12H16N2O. The van der Waals surface area contributed by atoms with Gasteiger partial charge in [0, 0.05) is 18.2 Å². The van der Waals surface area contributed by atoms with Crippen LogP contribution in [0.15, 0.2) is 18.2 Å². The highest BCUT2D eigenvalue weighted by atomic mass is 16.1. The molecule has 0 fully saturated rings. The van der Waals surface area contributed by atoms with Gasteiger partial charge in [-0.05, 0) is 37.0 Å². The van der Waals surface area contributed by atoms with Crippen LogP contribution in [0, 0.1) is 0 Å². The van der Waals surface area contributed by atoms with Crippen LogP contribution in [0.5, 0.6) is 0 Å². The summed E-state index contributed by atoms with van der Waals surface area (Å²) in [7, 11) is 0. The fourth-order valence-corrected chi connectivity index (χ4v) is 1.88. The van der Waals surface area contributed by atoms with E-state index in [1.807, 2.05) is 25.1 Å². The number of nitrogens with one attached hydrogen (secondary N) is 1. The third-order valence-electron chi connectivity index (χ3n) is 2.81. The van der Waals surface area contributed by atoms with Crippen LogP contribution in [-0.4, -0.2) is 12.5 Å². The molecule has 3 N–H and O–H groups in total. The lowest BCUT2D eigenvalue weighted by molar-refractivity contribution is 0.0956. The van der Waals surface area contributed by atoms with Crippen molar-refractivity contribution in [1.82, 2.24) is 5.32 Å². The topological polar surface area (TPSA) is 55.1 Å². The Bertz CT molecular complexity index is 385. The van der Waals surface area contributed by atoms with Crippen molar-refractivity contribution in [2.75, 3.05) is 6.54 Å². The van der Waals surface area contributed by atoms with E-state index in [2.05, 4.69) is 5.32 Å². The number of amides is 1. The summed E-state index contributed by atoms with van der Waals surface area (Å²) in [6.45, 7) is 2.69. The van der Waals surface area contributed by atoms with Gasteiger partial charge in [-0.1, -0.05) is 12.1 Å². The van der Waals surface area contributed by atoms with Crippen molar-refractivity contribution in [2.45, 2.75) is 25.8 Å². The Kier molecular flexibility index (Phi) is 2.73. The molecule has 2 rings (SSSR count). The van der Waals surface area contributed by atoms with Gasteiger partial charge in [0.2, 0.25) is 0 Å². The minimum absolute atomic E-state index is 0.0219. The van der Waals surface area contributed by atoms with Crippen molar-refractivity contribution in [2.24, 2.45) is 5.73 Å². The summed E-state index contributed by atoms with van der Waals surface area (Å²) in [6, 6.07) is 5.94. The molecule has 1 aromatic carbocycles. The maximum Gasteiger partial charge on any atom is 0.251 e. The molecule has 0 aromatic heterocycles. The van der Waals surface area contributed by atoms with E-state index in [0.29, 0.717) is 0 Å². The van der Waals surface area contributed by atoms with Gasteiger partial charge in [0.1, 0.15) is 0 Å². The Balaban J connectivity index is 2.44. The average Bonchev–Trinajstić information content (AvgIpc) is 2.40. The van der Waals surface area contributed by atoms with E-state index in [1.165, 1.54) is 0 Å². The highest BCUT2D eigenvalue weighted by molar-refractivity contribution is 5.96. The van der Waals surface area contributed by atoms with Crippen molar-refractivity contribution in [3.05, 3.63) is 34.9 Å². The maximum atomic E-state index is 11.7. The summed E-state index contributed by atoms with van der Waals surface area (Å²) in [5.74, 6) is 0.0324. The molecule has 0 unspecified atom stereocenters. The van der Waals surface area contributed by atoms with Crippen molar-refractivity contribution in [1.29, 1.82) is 0 Å². The summed E-state index contributed by atoms with van der Waals surface area (Å²) in [5, 5.41) is 2.89. The number of carbonyl (C=O) groups is 1. The quantitative estimate of drug-likeness (QED) is 0.726. The second-order valence-electron chi connectivity index (χ2n) is 4.06. The smallest absolute Gasteiger partial charge is 0.251 e. The van der Waals surface area contributed by atoms with Crippen LogP contribution in [0.2, 0.25) is 0 Å². The Morgan fingerprint density at radius 2 is 2.27 bits per heavy atom. The lowest BCUT2D eigenvalue weighted by Crippen LogP contribution is -2.23. The number of benzene rings is 1. The lowest BCUT2D eigenvalue weighted by atomic mass is 9.98. The first-order valence-corrected chi connectivity index (χ1v) is 5.35. The summed E-state index contributed by atoms with van der Waals surface area (Å²) in [6.07, 6.45) is 1.98. The largest absolute Gasteiger partial charge is 0.352 e. The first-order chi connectivity index (χ1) is 7.18. The molecule has 1 aromatic rings. The molecule has 0 saturated carbocycles. The van der Waals surface area contributed by atoms with Crippen molar-refractivity contribution in [3.63, 3.8) is 0 Å². The maximum absolute atomic E-state index is 11.7. The predicted octanol–water partition coefficient (Wildman–Crippen LogP) is 1.38. The number of hydrogen-bond donors (Lipinski definition) is 2. The molecule has 0 radical (unpaired) electrons. The molecule has 80 valence electrons. The molecule has 1 aliphatic rings. The Hall–Kier alpha value is -1.35. The summed E-state index contributed by atoms with van der Waals surface area (Å²) in [4.78, 5) is 11.7. The van der Waals surface area contributed by atoms with E-state index < -0.39 is 0 Å². The van der Waals surface area contributed by atoms with Gasteiger partial charge >= 0.3 is 0 Å². The van der Waals surface area contributed by atoms with Crippen LogP contribution in [0.25, 0.3) is 0 Å². The number of hydrogen-bond acceptors (Lipinski definition) is 2. The van der Waals surface area contributed by atoms with Crippen molar-refractivity contribution in [3.8, 4) is 0 Å². The van der Waals surface area contributed by atoms with Gasteiger partial charge in [-0.2, -0.15) is 0 Å². The second-order valence-corrected chi connectivity index (χ2v) is 4.06. The first kappa shape index (κ1) is 10.2. The number of fused-ring (bicyclic) bond motifs is 1. The van der Waals surface area contributed by atoms with Gasteiger partial charge in [0.05, 0.1) is 0 Å². The molecule has 0 saturated heterocycles. The SMILES string of the molecule is C[C@H](N)c1ccc2c(c1)C(=O)NCCC2. The molecule has 1 aliphatic heterocycles. The van der Waals surface area contributed by atoms with Gasteiger partial charge in [0.25, 0.3) is 5.91 Å². The first-order valence-electron chi connectivity index (χ1n) is 5.35. The molecule has 1 amide bonds. The highest BCUT2D eigenvalue weighted by Gasteiger charge is 2.15. The van der Waals surface area contributed by atoms with Crippen LogP contribution in [0.4, 0.5) is 0 Å². The molecule has 1 heterocycles. The normalized spacial score (nSPS) is 17.6. The standard InChI is InChI=1S/C12H16N2O/c1-8(13)10-5-4-9-3-2-6-14-12(15)11(9)7-10/h4-5,7-8H,2-3,6,13H2,1H3,(H,14,15)/t8-/m0/s1. The van der Waals surface area contributed by atoms with Crippen molar-refractivity contribution < 1.29 is 4.79 Å². The van der Waals surface area contributed by atoms with Crippen LogP contribution in [0.1, 0.15) is 40.9 Å². The lowest BCUT2D eigenvalue weighted by Gasteiger charge is -2.10. The zero-order valence-electron chi connectivity index (χ0n) is 8.92. The number of nitrogens with two attached hydrogens (primary N) is 1. The van der Waals surface area contributed by atoms with E-state index in [1.54, 1.807) is 0 Å². The molecular weight excluding hydrogens is 188 g/mol.